The molecule has 0 radical (unpaired) electrons. The van der Waals surface area contributed by atoms with Gasteiger partial charge in [0.2, 0.25) is 0 Å². The number of nitrogens with one attached hydrogen (secondary N) is 2. The van der Waals surface area contributed by atoms with Crippen molar-refractivity contribution < 1.29 is 9.47 Å². The number of anilines is 2. The summed E-state index contributed by atoms with van der Waals surface area (Å²) in [7, 11) is 1.65. The summed E-state index contributed by atoms with van der Waals surface area (Å²) in [5.41, 5.74) is -0.0690. The molecule has 6 heteroatoms. The van der Waals surface area contributed by atoms with Crippen LogP contribution in [0, 0.1) is 0 Å². The van der Waals surface area contributed by atoms with Gasteiger partial charge in [0.05, 0.1) is 12.1 Å². The van der Waals surface area contributed by atoms with Crippen molar-refractivity contribution >= 4 is 11.6 Å². The molecule has 112 valence electrons. The molecule has 1 aliphatic rings. The molecule has 6 nitrogen and oxygen atoms in total. The Kier molecular flexibility index (Phi) is 5.14. The molecule has 1 fully saturated rings. The van der Waals surface area contributed by atoms with Crippen LogP contribution in [0.25, 0.3) is 0 Å². The number of nitrogens with zero attached hydrogens (tertiary/aromatic N) is 2. The molecule has 0 bridgehead atoms. The lowest BCUT2D eigenvalue weighted by molar-refractivity contribution is 0.0538. The first-order valence-electron chi connectivity index (χ1n) is 7.12. The van der Waals surface area contributed by atoms with Crippen molar-refractivity contribution in [1.29, 1.82) is 0 Å². The zero-order valence-corrected chi connectivity index (χ0v) is 12.5. The van der Waals surface area contributed by atoms with Gasteiger partial charge in [0.25, 0.3) is 0 Å². The zero-order chi connectivity index (χ0) is 14.4. The fourth-order valence-electron chi connectivity index (χ4n) is 2.37. The number of ether oxygens (including phenoxy) is 2. The smallest absolute Gasteiger partial charge is 0.158 e. The molecule has 1 aliphatic heterocycles. The van der Waals surface area contributed by atoms with Crippen LogP contribution >= 0.6 is 0 Å². The van der Waals surface area contributed by atoms with Crippen molar-refractivity contribution in [3.05, 3.63) is 11.9 Å². The van der Waals surface area contributed by atoms with Gasteiger partial charge < -0.3 is 20.1 Å². The predicted molar refractivity (Wildman–Crippen MR) is 79.0 cm³/mol. The number of aromatic nitrogens is 2. The summed E-state index contributed by atoms with van der Waals surface area (Å²) in [6.07, 6.45) is 2.15. The van der Waals surface area contributed by atoms with Gasteiger partial charge in [0.1, 0.15) is 18.2 Å². The van der Waals surface area contributed by atoms with Crippen LogP contribution in [0.4, 0.5) is 11.6 Å². The second kappa shape index (κ2) is 6.85. The van der Waals surface area contributed by atoms with E-state index in [0.717, 1.165) is 37.6 Å². The van der Waals surface area contributed by atoms with Gasteiger partial charge in [-0.05, 0) is 26.7 Å². The largest absolute Gasteiger partial charge is 0.379 e. The Balaban J connectivity index is 2.16. The molecule has 2 N–H and O–H groups in total. The topological polar surface area (TPSA) is 68.3 Å². The molecule has 0 aliphatic carbocycles. The molecular formula is C14H24N4O2. The van der Waals surface area contributed by atoms with E-state index < -0.39 is 0 Å². The van der Waals surface area contributed by atoms with E-state index in [1.807, 2.05) is 13.0 Å². The highest BCUT2D eigenvalue weighted by molar-refractivity contribution is 5.49. The minimum atomic E-state index is -0.0690. The van der Waals surface area contributed by atoms with Gasteiger partial charge in [0, 0.05) is 26.3 Å². The molecule has 20 heavy (non-hydrogen) atoms. The van der Waals surface area contributed by atoms with E-state index >= 15 is 0 Å². The lowest BCUT2D eigenvalue weighted by atomic mass is 9.95. The van der Waals surface area contributed by atoms with Crippen molar-refractivity contribution in [2.75, 3.05) is 37.5 Å². The summed E-state index contributed by atoms with van der Waals surface area (Å²) < 4.78 is 10.7. The van der Waals surface area contributed by atoms with Crippen molar-refractivity contribution in [3.8, 4) is 0 Å². The van der Waals surface area contributed by atoms with E-state index in [1.54, 1.807) is 7.11 Å². The van der Waals surface area contributed by atoms with Crippen molar-refractivity contribution in [3.63, 3.8) is 0 Å². The molecule has 1 aromatic heterocycles. The number of methoxy groups -OCH3 is 1. The first-order valence-corrected chi connectivity index (χ1v) is 7.12. The Labute approximate surface area is 120 Å². The van der Waals surface area contributed by atoms with Crippen LogP contribution < -0.4 is 10.6 Å². The number of hydrogen-bond acceptors (Lipinski definition) is 6. The first-order chi connectivity index (χ1) is 9.65. The molecule has 2 rings (SSSR count). The van der Waals surface area contributed by atoms with E-state index in [0.29, 0.717) is 19.0 Å². The summed E-state index contributed by atoms with van der Waals surface area (Å²) in [6, 6.07) is 1.93. The zero-order valence-electron chi connectivity index (χ0n) is 12.5. The maximum atomic E-state index is 5.57. The molecule has 2 heterocycles. The summed E-state index contributed by atoms with van der Waals surface area (Å²) >= 11 is 0. The Hall–Kier alpha value is -1.40. The Bertz CT molecular complexity index is 409. The van der Waals surface area contributed by atoms with Gasteiger partial charge in [-0.2, -0.15) is 0 Å². The monoisotopic (exact) mass is 280 g/mol. The highest BCUT2D eigenvalue weighted by Gasteiger charge is 2.28. The summed E-state index contributed by atoms with van der Waals surface area (Å²) in [4.78, 5) is 8.91. The maximum Gasteiger partial charge on any atom is 0.158 e. The highest BCUT2D eigenvalue weighted by Crippen LogP contribution is 2.24. The number of hydrogen-bond donors (Lipinski definition) is 2. The predicted octanol–water partition coefficient (Wildman–Crippen LogP) is 2.04. The SMILES string of the molecule is CCNc1cc(NC2(C)CCCOC2)nc(COC)n1. The van der Waals surface area contributed by atoms with Crippen LogP contribution in [0.3, 0.4) is 0 Å². The van der Waals surface area contributed by atoms with Crippen molar-refractivity contribution in [1.82, 2.24) is 9.97 Å². The molecule has 0 saturated carbocycles. The third kappa shape index (κ3) is 4.05. The Morgan fingerprint density at radius 1 is 1.40 bits per heavy atom. The van der Waals surface area contributed by atoms with E-state index in [1.165, 1.54) is 0 Å². The fourth-order valence-corrected chi connectivity index (χ4v) is 2.37. The standard InChI is InChI=1S/C14H24N4O2/c1-4-15-11-8-12(17-13(16-11)9-19-3)18-14(2)6-5-7-20-10-14/h8H,4-7,9-10H2,1-3H3,(H2,15,16,17,18). The maximum absolute atomic E-state index is 5.57. The average molecular weight is 280 g/mol. The normalized spacial score (nSPS) is 22.6. The van der Waals surface area contributed by atoms with Crippen LogP contribution in [0.5, 0.6) is 0 Å². The summed E-state index contributed by atoms with van der Waals surface area (Å²) in [5, 5.41) is 6.70. The Morgan fingerprint density at radius 2 is 2.20 bits per heavy atom. The van der Waals surface area contributed by atoms with E-state index in [9.17, 15) is 0 Å². The molecular weight excluding hydrogens is 256 g/mol. The second-order valence-electron chi connectivity index (χ2n) is 5.36. The van der Waals surface area contributed by atoms with Crippen LogP contribution in [-0.2, 0) is 16.1 Å². The minimum absolute atomic E-state index is 0.0690. The minimum Gasteiger partial charge on any atom is -0.379 e. The van der Waals surface area contributed by atoms with Gasteiger partial charge in [0.15, 0.2) is 5.82 Å². The third-order valence-corrected chi connectivity index (χ3v) is 3.27. The molecule has 1 saturated heterocycles. The lowest BCUT2D eigenvalue weighted by Gasteiger charge is -2.34. The second-order valence-corrected chi connectivity index (χ2v) is 5.36. The van der Waals surface area contributed by atoms with E-state index in [4.69, 9.17) is 9.47 Å². The summed E-state index contributed by atoms with van der Waals surface area (Å²) in [5.74, 6) is 2.31. The average Bonchev–Trinajstić information content (AvgIpc) is 2.39. The first kappa shape index (κ1) is 15.0. The van der Waals surface area contributed by atoms with Gasteiger partial charge >= 0.3 is 0 Å². The van der Waals surface area contributed by atoms with Gasteiger partial charge in [-0.25, -0.2) is 9.97 Å². The fraction of sp³-hybridized carbons (Fsp3) is 0.714. The van der Waals surface area contributed by atoms with Gasteiger partial charge in [-0.15, -0.1) is 0 Å². The van der Waals surface area contributed by atoms with Crippen LogP contribution in [0.2, 0.25) is 0 Å². The van der Waals surface area contributed by atoms with Crippen molar-refractivity contribution in [2.45, 2.75) is 38.8 Å². The quantitative estimate of drug-likeness (QED) is 0.831. The molecule has 0 aromatic carbocycles. The Morgan fingerprint density at radius 3 is 2.85 bits per heavy atom. The molecule has 1 atom stereocenters. The van der Waals surface area contributed by atoms with Crippen LogP contribution in [-0.4, -0.2) is 42.4 Å². The third-order valence-electron chi connectivity index (χ3n) is 3.27. The van der Waals surface area contributed by atoms with E-state index in [-0.39, 0.29) is 5.54 Å². The summed E-state index contributed by atoms with van der Waals surface area (Å²) in [6.45, 7) is 6.98. The van der Waals surface area contributed by atoms with Gasteiger partial charge in [-0.1, -0.05) is 0 Å². The van der Waals surface area contributed by atoms with Crippen LogP contribution in [0.1, 0.15) is 32.5 Å². The van der Waals surface area contributed by atoms with Gasteiger partial charge in [-0.3, -0.25) is 0 Å². The molecule has 1 aromatic rings. The molecule has 0 amide bonds. The number of rotatable bonds is 6. The van der Waals surface area contributed by atoms with E-state index in [2.05, 4.69) is 27.5 Å². The molecule has 1 unspecified atom stereocenters. The van der Waals surface area contributed by atoms with Crippen LogP contribution in [0.15, 0.2) is 6.07 Å². The van der Waals surface area contributed by atoms with Crippen molar-refractivity contribution in [2.24, 2.45) is 0 Å². The highest BCUT2D eigenvalue weighted by atomic mass is 16.5. The molecule has 0 spiro atoms. The lowest BCUT2D eigenvalue weighted by Crippen LogP contribution is -2.43.